The fraction of sp³-hybridized carbons (Fsp3) is 0.400. The molecule has 8 nitrogen and oxygen atoms in total. The topological polar surface area (TPSA) is 99.2 Å². The van der Waals surface area contributed by atoms with E-state index in [9.17, 15) is 19.2 Å². The fourth-order valence-electron chi connectivity index (χ4n) is 3.72. The lowest BCUT2D eigenvalue weighted by Crippen LogP contribution is -2.44. The number of allylic oxidation sites excluding steroid dienone is 2. The first-order chi connectivity index (χ1) is 13.5. The van der Waals surface area contributed by atoms with Gasteiger partial charge in [0, 0.05) is 5.56 Å². The Morgan fingerprint density at radius 1 is 1.11 bits per heavy atom. The van der Waals surface area contributed by atoms with Gasteiger partial charge in [-0.3, -0.25) is 19.3 Å². The normalized spacial score (nSPS) is 23.5. The van der Waals surface area contributed by atoms with E-state index >= 15 is 0 Å². The molecule has 8 heteroatoms. The molecule has 3 aliphatic rings. The van der Waals surface area contributed by atoms with Gasteiger partial charge in [-0.1, -0.05) is 12.2 Å². The standard InChI is InChI=1S/C20H19NO7/c1-11(21-18(23)13-4-2-3-5-14(13)19(21)24)20(25)26-9-15(22)12-6-7-16-17(8-12)28-10-27-16/h2-3,6-8,11,13-14H,4-5,9-10H2,1H3/t11-,13-,14-/m0/s1. The summed E-state index contributed by atoms with van der Waals surface area (Å²) in [7, 11) is 0. The summed E-state index contributed by atoms with van der Waals surface area (Å²) in [4.78, 5) is 50.7. The highest BCUT2D eigenvalue weighted by Crippen LogP contribution is 2.36. The zero-order valence-corrected chi connectivity index (χ0v) is 15.3. The molecule has 1 aliphatic carbocycles. The molecule has 2 amide bonds. The molecule has 0 radical (unpaired) electrons. The smallest absolute Gasteiger partial charge is 0.329 e. The maximum atomic E-state index is 12.5. The molecule has 28 heavy (non-hydrogen) atoms. The fourth-order valence-corrected chi connectivity index (χ4v) is 3.72. The van der Waals surface area contributed by atoms with Crippen LogP contribution in [0.25, 0.3) is 0 Å². The van der Waals surface area contributed by atoms with E-state index in [4.69, 9.17) is 14.2 Å². The summed E-state index contributed by atoms with van der Waals surface area (Å²) in [6.45, 7) is 1.04. The van der Waals surface area contributed by atoms with Gasteiger partial charge in [-0.15, -0.1) is 0 Å². The number of benzene rings is 1. The Kier molecular flexibility index (Phi) is 4.62. The van der Waals surface area contributed by atoms with Crippen molar-refractivity contribution in [1.82, 2.24) is 4.90 Å². The molecule has 1 aromatic rings. The van der Waals surface area contributed by atoms with Crippen LogP contribution in [0.4, 0.5) is 0 Å². The van der Waals surface area contributed by atoms with Crippen LogP contribution in [0.5, 0.6) is 11.5 Å². The molecule has 146 valence electrons. The third-order valence-electron chi connectivity index (χ3n) is 5.31. The average Bonchev–Trinajstić information content (AvgIpc) is 3.28. The van der Waals surface area contributed by atoms with Crippen LogP contribution in [0.2, 0.25) is 0 Å². The number of nitrogens with zero attached hydrogens (tertiary/aromatic N) is 1. The van der Waals surface area contributed by atoms with Crippen LogP contribution in [0, 0.1) is 11.8 Å². The van der Waals surface area contributed by atoms with Crippen LogP contribution in [-0.2, 0) is 19.1 Å². The molecule has 4 rings (SSSR count). The highest BCUT2D eigenvalue weighted by molar-refractivity contribution is 6.08. The van der Waals surface area contributed by atoms with E-state index < -0.39 is 36.2 Å². The molecule has 0 N–H and O–H groups in total. The van der Waals surface area contributed by atoms with E-state index in [0.717, 1.165) is 4.90 Å². The Labute approximate surface area is 161 Å². The number of imide groups is 1. The SMILES string of the molecule is C[C@@H](C(=O)OCC(=O)c1ccc2c(c1)OCO2)N1C(=O)[C@H]2CC=CC[C@@H]2C1=O. The summed E-state index contributed by atoms with van der Waals surface area (Å²) in [5.41, 5.74) is 0.315. The van der Waals surface area contributed by atoms with Crippen molar-refractivity contribution in [3.8, 4) is 11.5 Å². The second-order valence-electron chi connectivity index (χ2n) is 6.98. The zero-order valence-electron chi connectivity index (χ0n) is 15.3. The van der Waals surface area contributed by atoms with Crippen molar-refractivity contribution in [2.45, 2.75) is 25.8 Å². The van der Waals surface area contributed by atoms with Crippen molar-refractivity contribution in [2.75, 3.05) is 13.4 Å². The van der Waals surface area contributed by atoms with Gasteiger partial charge in [-0.2, -0.15) is 0 Å². The summed E-state index contributed by atoms with van der Waals surface area (Å²) in [5.74, 6) is -1.75. The number of ether oxygens (including phenoxy) is 3. The predicted octanol–water partition coefficient (Wildman–Crippen LogP) is 1.48. The summed E-state index contributed by atoms with van der Waals surface area (Å²) >= 11 is 0. The van der Waals surface area contributed by atoms with Crippen LogP contribution < -0.4 is 9.47 Å². The first-order valence-electron chi connectivity index (χ1n) is 9.08. The lowest BCUT2D eigenvalue weighted by Gasteiger charge is -2.21. The third kappa shape index (κ3) is 3.04. The molecule has 2 aliphatic heterocycles. The molecule has 0 bridgehead atoms. The number of rotatable bonds is 5. The molecule has 0 aromatic heterocycles. The minimum absolute atomic E-state index is 0.0921. The van der Waals surface area contributed by atoms with E-state index in [0.29, 0.717) is 29.9 Å². The van der Waals surface area contributed by atoms with Crippen molar-refractivity contribution in [2.24, 2.45) is 11.8 Å². The number of likely N-dealkylation sites (tertiary alicyclic amines) is 1. The van der Waals surface area contributed by atoms with Gasteiger partial charge in [-0.25, -0.2) is 4.79 Å². The summed E-state index contributed by atoms with van der Waals surface area (Å²) in [6, 6.07) is 3.61. The highest BCUT2D eigenvalue weighted by atomic mass is 16.7. The second kappa shape index (κ2) is 7.10. The Bertz CT molecular complexity index is 865. The monoisotopic (exact) mass is 385 g/mol. The molecular weight excluding hydrogens is 366 g/mol. The maximum absolute atomic E-state index is 12.5. The first kappa shape index (κ1) is 18.2. The molecule has 1 aromatic carbocycles. The predicted molar refractivity (Wildman–Crippen MR) is 94.5 cm³/mol. The van der Waals surface area contributed by atoms with Gasteiger partial charge in [0.15, 0.2) is 23.9 Å². The molecule has 0 saturated carbocycles. The van der Waals surface area contributed by atoms with Crippen molar-refractivity contribution in [3.63, 3.8) is 0 Å². The van der Waals surface area contributed by atoms with Crippen molar-refractivity contribution in [1.29, 1.82) is 0 Å². The Morgan fingerprint density at radius 2 is 1.75 bits per heavy atom. The van der Waals surface area contributed by atoms with Crippen molar-refractivity contribution < 1.29 is 33.4 Å². The second-order valence-corrected chi connectivity index (χ2v) is 6.98. The molecule has 0 spiro atoms. The minimum atomic E-state index is -1.07. The first-order valence-corrected chi connectivity index (χ1v) is 9.08. The average molecular weight is 385 g/mol. The quantitative estimate of drug-likeness (QED) is 0.328. The number of hydrogen-bond acceptors (Lipinski definition) is 7. The number of amides is 2. The van der Waals surface area contributed by atoms with Crippen LogP contribution in [0.15, 0.2) is 30.4 Å². The molecular formula is C20H19NO7. The van der Waals surface area contributed by atoms with Crippen LogP contribution in [0.1, 0.15) is 30.1 Å². The van der Waals surface area contributed by atoms with Gasteiger partial charge in [0.05, 0.1) is 11.8 Å². The van der Waals surface area contributed by atoms with E-state index in [2.05, 4.69) is 0 Å². The van der Waals surface area contributed by atoms with E-state index in [1.165, 1.54) is 13.0 Å². The third-order valence-corrected chi connectivity index (χ3v) is 5.31. The molecule has 2 heterocycles. The largest absolute Gasteiger partial charge is 0.456 e. The van der Waals surface area contributed by atoms with Gasteiger partial charge in [0.1, 0.15) is 6.04 Å². The van der Waals surface area contributed by atoms with Gasteiger partial charge >= 0.3 is 5.97 Å². The van der Waals surface area contributed by atoms with Gasteiger partial charge in [-0.05, 0) is 38.0 Å². The van der Waals surface area contributed by atoms with Crippen LogP contribution in [0.3, 0.4) is 0 Å². The minimum Gasteiger partial charge on any atom is -0.456 e. The molecule has 1 fully saturated rings. The number of hydrogen-bond donors (Lipinski definition) is 0. The van der Waals surface area contributed by atoms with Crippen molar-refractivity contribution >= 4 is 23.6 Å². The van der Waals surface area contributed by atoms with E-state index in [-0.39, 0.29) is 18.6 Å². The summed E-state index contributed by atoms with van der Waals surface area (Å²) in [6.07, 6.45) is 4.75. The van der Waals surface area contributed by atoms with Gasteiger partial charge < -0.3 is 14.2 Å². The number of carbonyl (C=O) groups excluding carboxylic acids is 4. The van der Waals surface area contributed by atoms with Crippen LogP contribution in [-0.4, -0.2) is 47.9 Å². The van der Waals surface area contributed by atoms with E-state index in [1.807, 2.05) is 12.2 Å². The van der Waals surface area contributed by atoms with E-state index in [1.54, 1.807) is 12.1 Å². The molecule has 0 unspecified atom stereocenters. The van der Waals surface area contributed by atoms with Gasteiger partial charge in [0.25, 0.3) is 0 Å². The van der Waals surface area contributed by atoms with Crippen molar-refractivity contribution in [3.05, 3.63) is 35.9 Å². The summed E-state index contributed by atoms with van der Waals surface area (Å²) < 4.78 is 15.5. The Balaban J connectivity index is 1.38. The van der Waals surface area contributed by atoms with Gasteiger partial charge in [0.2, 0.25) is 18.6 Å². The van der Waals surface area contributed by atoms with Crippen LogP contribution >= 0.6 is 0 Å². The zero-order chi connectivity index (χ0) is 19.8. The Hall–Kier alpha value is -3.16. The molecule has 3 atom stereocenters. The number of Topliss-reactive ketones (excluding diaryl/α,β-unsaturated/α-hetero) is 1. The highest BCUT2D eigenvalue weighted by Gasteiger charge is 2.50. The summed E-state index contributed by atoms with van der Waals surface area (Å²) in [5, 5.41) is 0. The number of ketones is 1. The lowest BCUT2D eigenvalue weighted by molar-refractivity contribution is -0.157. The molecule has 1 saturated heterocycles. The lowest BCUT2D eigenvalue weighted by atomic mass is 9.85. The Morgan fingerprint density at radius 3 is 2.43 bits per heavy atom. The maximum Gasteiger partial charge on any atom is 0.329 e. The number of fused-ring (bicyclic) bond motifs is 2. The number of carbonyl (C=O) groups is 4. The number of esters is 1.